The van der Waals surface area contributed by atoms with Gasteiger partial charge >= 0.3 is 12.1 Å². The lowest BCUT2D eigenvalue weighted by molar-refractivity contribution is -0.152. The quantitative estimate of drug-likeness (QED) is 0.564. The summed E-state index contributed by atoms with van der Waals surface area (Å²) in [6, 6.07) is 0.754. The lowest BCUT2D eigenvalue weighted by Crippen LogP contribution is -2.36. The zero-order chi connectivity index (χ0) is 17.6. The number of nitrogens with zero attached hydrogens (tertiary/aromatic N) is 3. The van der Waals surface area contributed by atoms with E-state index >= 15 is 0 Å². The Balaban J connectivity index is 2.49. The third-order valence-corrected chi connectivity index (χ3v) is 2.77. The molecule has 128 valence electrons. The number of aromatic nitrogens is 2. The first-order chi connectivity index (χ1) is 10.6. The summed E-state index contributed by atoms with van der Waals surface area (Å²) in [5.74, 6) is -1.25. The highest BCUT2D eigenvalue weighted by Gasteiger charge is 2.33. The van der Waals surface area contributed by atoms with E-state index in [1.807, 2.05) is 0 Å². The first-order valence-electron chi connectivity index (χ1n) is 6.82. The summed E-state index contributed by atoms with van der Waals surface area (Å²) in [6.45, 7) is 7.02. The van der Waals surface area contributed by atoms with Crippen LogP contribution in [0.1, 0.15) is 19.5 Å². The Morgan fingerprint density at radius 2 is 2.09 bits per heavy atom. The number of hydrogen-bond acceptors (Lipinski definition) is 4. The molecule has 6 nitrogen and oxygen atoms in total. The van der Waals surface area contributed by atoms with Gasteiger partial charge in [-0.1, -0.05) is 12.2 Å². The maximum Gasteiger partial charge on any atom is 0.435 e. The fourth-order valence-corrected chi connectivity index (χ4v) is 1.71. The highest BCUT2D eigenvalue weighted by Crippen LogP contribution is 2.27. The first kappa shape index (κ1) is 18.7. The Morgan fingerprint density at radius 3 is 2.57 bits per heavy atom. The molecule has 0 radical (unpaired) electrons. The Kier molecular flexibility index (Phi) is 6.35. The molecular formula is C14H18F3N3O3. The summed E-state index contributed by atoms with van der Waals surface area (Å²) < 4.78 is 42.7. The highest BCUT2D eigenvalue weighted by atomic mass is 19.4. The van der Waals surface area contributed by atoms with Crippen molar-refractivity contribution in [3.63, 3.8) is 0 Å². The summed E-state index contributed by atoms with van der Waals surface area (Å²) in [6.07, 6.45) is -3.55. The van der Waals surface area contributed by atoms with Crippen molar-refractivity contribution in [2.75, 3.05) is 19.7 Å². The molecule has 0 aliphatic rings. The molecule has 0 aliphatic heterocycles. The minimum Gasteiger partial charge on any atom is -0.454 e. The third-order valence-electron chi connectivity index (χ3n) is 2.77. The SMILES string of the molecule is C=C(C)CN(CC)C(=O)COC(=O)Cn1ccc(C(F)(F)F)n1. The van der Waals surface area contributed by atoms with Crippen molar-refractivity contribution in [2.45, 2.75) is 26.6 Å². The van der Waals surface area contributed by atoms with Crippen LogP contribution in [0.2, 0.25) is 0 Å². The van der Waals surface area contributed by atoms with Crippen LogP contribution in [-0.2, 0) is 27.0 Å². The zero-order valence-corrected chi connectivity index (χ0v) is 12.9. The average molecular weight is 333 g/mol. The number of carbonyl (C=O) groups excluding carboxylic acids is 2. The smallest absolute Gasteiger partial charge is 0.435 e. The van der Waals surface area contributed by atoms with Gasteiger partial charge in [-0.2, -0.15) is 18.3 Å². The van der Waals surface area contributed by atoms with Crippen LogP contribution in [0.3, 0.4) is 0 Å². The molecule has 0 aliphatic carbocycles. The van der Waals surface area contributed by atoms with Crippen LogP contribution in [0.4, 0.5) is 13.2 Å². The largest absolute Gasteiger partial charge is 0.454 e. The Hall–Kier alpha value is -2.32. The third kappa shape index (κ3) is 6.13. The van der Waals surface area contributed by atoms with E-state index in [0.717, 1.165) is 22.5 Å². The fraction of sp³-hybridized carbons (Fsp3) is 0.500. The minimum atomic E-state index is -4.57. The molecule has 0 atom stereocenters. The topological polar surface area (TPSA) is 64.4 Å². The predicted octanol–water partition coefficient (Wildman–Crippen LogP) is 1.87. The van der Waals surface area contributed by atoms with Gasteiger partial charge in [0, 0.05) is 19.3 Å². The molecule has 0 saturated heterocycles. The molecule has 1 rings (SSSR count). The van der Waals surface area contributed by atoms with E-state index in [-0.39, 0.29) is 0 Å². The van der Waals surface area contributed by atoms with E-state index < -0.39 is 36.9 Å². The monoisotopic (exact) mass is 333 g/mol. The van der Waals surface area contributed by atoms with E-state index in [2.05, 4.69) is 11.7 Å². The second kappa shape index (κ2) is 7.80. The molecule has 0 bridgehead atoms. The van der Waals surface area contributed by atoms with Gasteiger partial charge in [0.25, 0.3) is 5.91 Å². The molecule has 1 heterocycles. The van der Waals surface area contributed by atoms with Gasteiger partial charge in [-0.25, -0.2) is 0 Å². The molecular weight excluding hydrogens is 315 g/mol. The van der Waals surface area contributed by atoms with Gasteiger partial charge in [-0.15, -0.1) is 0 Å². The van der Waals surface area contributed by atoms with Crippen molar-refractivity contribution in [1.29, 1.82) is 0 Å². The van der Waals surface area contributed by atoms with E-state index in [0.29, 0.717) is 13.1 Å². The van der Waals surface area contributed by atoms with Crippen molar-refractivity contribution >= 4 is 11.9 Å². The van der Waals surface area contributed by atoms with Crippen molar-refractivity contribution < 1.29 is 27.5 Å². The van der Waals surface area contributed by atoms with Crippen LogP contribution in [-0.4, -0.2) is 46.3 Å². The Bertz CT molecular complexity index is 581. The van der Waals surface area contributed by atoms with Crippen LogP contribution >= 0.6 is 0 Å². The summed E-state index contributed by atoms with van der Waals surface area (Å²) in [5, 5.41) is 3.22. The molecule has 9 heteroatoms. The number of hydrogen-bond donors (Lipinski definition) is 0. The van der Waals surface area contributed by atoms with Gasteiger partial charge in [0.15, 0.2) is 12.3 Å². The lowest BCUT2D eigenvalue weighted by Gasteiger charge is -2.20. The van der Waals surface area contributed by atoms with E-state index in [4.69, 9.17) is 4.74 Å². The Morgan fingerprint density at radius 1 is 1.43 bits per heavy atom. The second-order valence-electron chi connectivity index (χ2n) is 4.92. The zero-order valence-electron chi connectivity index (χ0n) is 12.9. The minimum absolute atomic E-state index is 0.348. The number of esters is 1. The maximum atomic E-state index is 12.4. The number of likely N-dealkylation sites (N-methyl/N-ethyl adjacent to an activating group) is 1. The summed E-state index contributed by atoms with van der Waals surface area (Å²) in [4.78, 5) is 24.8. The molecule has 1 amide bonds. The second-order valence-corrected chi connectivity index (χ2v) is 4.92. The van der Waals surface area contributed by atoms with Crippen molar-refractivity contribution in [1.82, 2.24) is 14.7 Å². The standard InChI is InChI=1S/C14H18F3N3O3/c1-4-19(7-10(2)3)12(21)9-23-13(22)8-20-6-5-11(18-20)14(15,16)17/h5-6H,2,4,7-9H2,1,3H3. The number of halogens is 3. The van der Waals surface area contributed by atoms with Gasteiger partial charge < -0.3 is 9.64 Å². The molecule has 1 aromatic heterocycles. The summed E-state index contributed by atoms with van der Waals surface area (Å²) in [7, 11) is 0. The summed E-state index contributed by atoms with van der Waals surface area (Å²) in [5.41, 5.74) is -0.317. The number of amides is 1. The van der Waals surface area contributed by atoms with Crippen LogP contribution in [0.25, 0.3) is 0 Å². The molecule has 23 heavy (non-hydrogen) atoms. The molecule has 0 saturated carbocycles. The lowest BCUT2D eigenvalue weighted by atomic mass is 10.3. The molecule has 0 unspecified atom stereocenters. The van der Waals surface area contributed by atoms with Crippen LogP contribution in [0.5, 0.6) is 0 Å². The van der Waals surface area contributed by atoms with Gasteiger partial charge in [-0.05, 0) is 19.9 Å². The molecule has 1 aromatic rings. The van der Waals surface area contributed by atoms with Gasteiger partial charge in [0.1, 0.15) is 6.54 Å². The normalized spacial score (nSPS) is 11.2. The van der Waals surface area contributed by atoms with Gasteiger partial charge in [0.2, 0.25) is 0 Å². The average Bonchev–Trinajstić information content (AvgIpc) is 2.90. The fourth-order valence-electron chi connectivity index (χ4n) is 1.71. The van der Waals surface area contributed by atoms with Crippen molar-refractivity contribution in [2.24, 2.45) is 0 Å². The number of alkyl halides is 3. The van der Waals surface area contributed by atoms with E-state index in [1.165, 1.54) is 4.90 Å². The van der Waals surface area contributed by atoms with Crippen molar-refractivity contribution in [3.05, 3.63) is 30.1 Å². The molecule has 0 aromatic carbocycles. The summed E-state index contributed by atoms with van der Waals surface area (Å²) >= 11 is 0. The number of carbonyl (C=O) groups is 2. The first-order valence-corrected chi connectivity index (χ1v) is 6.82. The Labute approximate surface area is 131 Å². The van der Waals surface area contributed by atoms with Gasteiger partial charge in [-0.3, -0.25) is 14.3 Å². The number of ether oxygens (including phenoxy) is 1. The van der Waals surface area contributed by atoms with Crippen LogP contribution < -0.4 is 0 Å². The molecule has 0 spiro atoms. The van der Waals surface area contributed by atoms with Crippen molar-refractivity contribution in [3.8, 4) is 0 Å². The van der Waals surface area contributed by atoms with Gasteiger partial charge in [0.05, 0.1) is 0 Å². The maximum absolute atomic E-state index is 12.4. The van der Waals surface area contributed by atoms with Crippen LogP contribution in [0.15, 0.2) is 24.4 Å². The number of rotatable bonds is 7. The van der Waals surface area contributed by atoms with E-state index in [9.17, 15) is 22.8 Å². The highest BCUT2D eigenvalue weighted by molar-refractivity contribution is 5.80. The molecule has 0 fully saturated rings. The predicted molar refractivity (Wildman–Crippen MR) is 75.3 cm³/mol. The van der Waals surface area contributed by atoms with E-state index in [1.54, 1.807) is 13.8 Å². The molecule has 0 N–H and O–H groups in total. The van der Waals surface area contributed by atoms with Crippen LogP contribution in [0, 0.1) is 0 Å².